The standard InChI is InChI=1S/C28H28BrClF3N9O4/c1-4-19-22(39-8-7-14(2)40(10-9-39)24(45)21-23(44)15(3)34-13-35-21)25(46)42-27(37-26(29)38-42)41(19)12-20(43)36-18-6-5-16(11-17(18)30)28(31,32)33/h5-6,11,13-14,44H,4,7-10,12H2,1-3H3,(H,36,43)/t14-/m1/s1. The van der Waals surface area contributed by atoms with Crippen LogP contribution in [0.2, 0.25) is 5.02 Å². The van der Waals surface area contributed by atoms with Crippen molar-refractivity contribution in [2.45, 2.75) is 52.4 Å². The first-order valence-electron chi connectivity index (χ1n) is 14.1. The Morgan fingerprint density at radius 3 is 2.61 bits per heavy atom. The number of carbonyl (C=O) groups is 2. The molecule has 18 heteroatoms. The Morgan fingerprint density at radius 2 is 1.93 bits per heavy atom. The first kappa shape index (κ1) is 33.1. The van der Waals surface area contributed by atoms with Crippen molar-refractivity contribution in [2.24, 2.45) is 0 Å². The molecule has 1 aliphatic rings. The molecule has 13 nitrogen and oxygen atoms in total. The highest BCUT2D eigenvalue weighted by Gasteiger charge is 2.33. The van der Waals surface area contributed by atoms with E-state index in [-0.39, 0.29) is 69.7 Å². The van der Waals surface area contributed by atoms with Crippen LogP contribution < -0.4 is 15.8 Å². The minimum atomic E-state index is -4.60. The third-order valence-electron chi connectivity index (χ3n) is 7.75. The number of carbonyl (C=O) groups excluding carboxylic acids is 2. The maximum absolute atomic E-state index is 13.9. The van der Waals surface area contributed by atoms with Crippen LogP contribution in [0.25, 0.3) is 5.78 Å². The average Bonchev–Trinajstić information content (AvgIpc) is 3.29. The molecule has 0 bridgehead atoms. The Bertz CT molecular complexity index is 1900. The van der Waals surface area contributed by atoms with Crippen molar-refractivity contribution < 1.29 is 27.9 Å². The van der Waals surface area contributed by atoms with Crippen LogP contribution >= 0.6 is 27.5 Å². The molecule has 1 aliphatic heterocycles. The monoisotopic (exact) mass is 725 g/mol. The summed E-state index contributed by atoms with van der Waals surface area (Å²) in [5.74, 6) is -1.33. The number of hydrogen-bond donors (Lipinski definition) is 2. The van der Waals surface area contributed by atoms with Gasteiger partial charge in [-0.1, -0.05) is 18.5 Å². The number of aryl methyl sites for hydroxylation is 1. The Morgan fingerprint density at radius 1 is 1.20 bits per heavy atom. The van der Waals surface area contributed by atoms with Crippen LogP contribution in [0.4, 0.5) is 24.5 Å². The molecule has 0 spiro atoms. The number of benzene rings is 1. The summed E-state index contributed by atoms with van der Waals surface area (Å²) in [7, 11) is 0. The fourth-order valence-corrected chi connectivity index (χ4v) is 5.92. The molecule has 2 N–H and O–H groups in total. The maximum atomic E-state index is 13.9. The van der Waals surface area contributed by atoms with E-state index in [2.05, 4.69) is 41.3 Å². The van der Waals surface area contributed by atoms with Gasteiger partial charge in [0.25, 0.3) is 11.5 Å². The van der Waals surface area contributed by atoms with Crippen LogP contribution in [0.15, 0.2) is 34.1 Å². The van der Waals surface area contributed by atoms with Crippen molar-refractivity contribution in [3.8, 4) is 5.75 Å². The number of rotatable bonds is 6. The van der Waals surface area contributed by atoms with E-state index in [0.29, 0.717) is 25.1 Å². The number of halogens is 5. The molecular formula is C28H28BrClF3N9O4. The molecule has 3 aromatic heterocycles. The van der Waals surface area contributed by atoms with Crippen LogP contribution in [0, 0.1) is 6.92 Å². The summed E-state index contributed by atoms with van der Waals surface area (Å²) in [6, 6.07) is 2.33. The van der Waals surface area contributed by atoms with Crippen molar-refractivity contribution in [3.05, 3.63) is 67.3 Å². The lowest BCUT2D eigenvalue weighted by molar-refractivity contribution is -0.137. The molecule has 46 heavy (non-hydrogen) atoms. The molecule has 4 heterocycles. The summed E-state index contributed by atoms with van der Waals surface area (Å²) in [6.45, 7) is 5.66. The number of fused-ring (bicyclic) bond motifs is 1. The molecule has 0 saturated carbocycles. The molecule has 0 unspecified atom stereocenters. The third-order valence-corrected chi connectivity index (χ3v) is 8.40. The molecule has 2 amide bonds. The maximum Gasteiger partial charge on any atom is 0.416 e. The Labute approximate surface area is 273 Å². The van der Waals surface area contributed by atoms with Gasteiger partial charge in [0.05, 0.1) is 27.7 Å². The highest BCUT2D eigenvalue weighted by molar-refractivity contribution is 9.10. The summed E-state index contributed by atoms with van der Waals surface area (Å²) >= 11 is 9.25. The van der Waals surface area contributed by atoms with Gasteiger partial charge in [0.2, 0.25) is 16.4 Å². The van der Waals surface area contributed by atoms with Crippen molar-refractivity contribution in [3.63, 3.8) is 0 Å². The number of alkyl halides is 3. The molecule has 1 fully saturated rings. The lowest BCUT2D eigenvalue weighted by Gasteiger charge is -2.27. The van der Waals surface area contributed by atoms with E-state index in [1.807, 2.05) is 11.8 Å². The van der Waals surface area contributed by atoms with Gasteiger partial charge in [-0.15, -0.1) is 5.10 Å². The lowest BCUT2D eigenvalue weighted by Crippen LogP contribution is -2.41. The van der Waals surface area contributed by atoms with Gasteiger partial charge in [-0.3, -0.25) is 14.4 Å². The van der Waals surface area contributed by atoms with E-state index in [9.17, 15) is 32.7 Å². The number of aromatic hydroxyl groups is 1. The zero-order valence-corrected chi connectivity index (χ0v) is 27.1. The van der Waals surface area contributed by atoms with E-state index in [1.165, 1.54) is 10.9 Å². The van der Waals surface area contributed by atoms with Crippen LogP contribution in [0.3, 0.4) is 0 Å². The zero-order valence-electron chi connectivity index (χ0n) is 24.8. The summed E-state index contributed by atoms with van der Waals surface area (Å²) in [4.78, 5) is 56.1. The van der Waals surface area contributed by atoms with Gasteiger partial charge in [-0.05, 0) is 60.8 Å². The van der Waals surface area contributed by atoms with Gasteiger partial charge in [0, 0.05) is 25.7 Å². The summed E-state index contributed by atoms with van der Waals surface area (Å²) in [5, 5.41) is 16.8. The van der Waals surface area contributed by atoms with Gasteiger partial charge in [0.1, 0.15) is 18.6 Å². The first-order chi connectivity index (χ1) is 21.7. The number of amides is 2. The second-order valence-electron chi connectivity index (χ2n) is 10.7. The normalized spacial score (nSPS) is 15.7. The summed E-state index contributed by atoms with van der Waals surface area (Å²) in [6.07, 6.45) is -2.64. The summed E-state index contributed by atoms with van der Waals surface area (Å²) in [5.41, 5.74) is -0.583. The number of aromatic nitrogens is 6. The van der Waals surface area contributed by atoms with E-state index in [4.69, 9.17) is 11.6 Å². The molecule has 0 radical (unpaired) electrons. The average molecular weight is 727 g/mol. The molecule has 244 valence electrons. The van der Waals surface area contributed by atoms with E-state index >= 15 is 0 Å². The third kappa shape index (κ3) is 6.38. The second kappa shape index (κ2) is 12.9. The van der Waals surface area contributed by atoms with Gasteiger partial charge < -0.3 is 24.8 Å². The highest BCUT2D eigenvalue weighted by Crippen LogP contribution is 2.34. The fourth-order valence-electron chi connectivity index (χ4n) is 5.37. The largest absolute Gasteiger partial charge is 0.504 e. The Hall–Kier alpha value is -4.25. The SMILES string of the molecule is CCc1c(N2CC[C@@H](C)N(C(=O)c3ncnc(C)c3O)CC2)c(=O)n2nc(Br)nc2n1CC(=O)Nc1ccc(C(F)(F)F)cc1Cl. The minimum Gasteiger partial charge on any atom is -0.504 e. The number of nitrogens with one attached hydrogen (secondary N) is 1. The predicted octanol–water partition coefficient (Wildman–Crippen LogP) is 4.07. The zero-order chi connectivity index (χ0) is 33.5. The van der Waals surface area contributed by atoms with Crippen molar-refractivity contribution in [1.29, 1.82) is 0 Å². The molecule has 0 aliphatic carbocycles. The second-order valence-corrected chi connectivity index (χ2v) is 11.8. The Balaban J connectivity index is 1.48. The molecular weight excluding hydrogens is 699 g/mol. The van der Waals surface area contributed by atoms with Gasteiger partial charge >= 0.3 is 6.18 Å². The van der Waals surface area contributed by atoms with E-state index in [1.54, 1.807) is 18.7 Å². The highest BCUT2D eigenvalue weighted by atomic mass is 79.9. The van der Waals surface area contributed by atoms with Crippen LogP contribution in [0.1, 0.15) is 47.7 Å². The summed E-state index contributed by atoms with van der Waals surface area (Å²) < 4.78 is 42.0. The number of nitrogens with zero attached hydrogens (tertiary/aromatic N) is 8. The number of hydrogen-bond acceptors (Lipinski definition) is 9. The van der Waals surface area contributed by atoms with Crippen molar-refractivity contribution in [2.75, 3.05) is 29.9 Å². The van der Waals surface area contributed by atoms with Gasteiger partial charge in [0.15, 0.2) is 11.4 Å². The van der Waals surface area contributed by atoms with E-state index in [0.717, 1.165) is 22.7 Å². The molecule has 1 saturated heterocycles. The van der Waals surface area contributed by atoms with Crippen molar-refractivity contribution >= 4 is 56.5 Å². The molecule has 1 atom stereocenters. The minimum absolute atomic E-state index is 0.0196. The van der Waals surface area contributed by atoms with Crippen molar-refractivity contribution in [1.82, 2.24) is 34.0 Å². The van der Waals surface area contributed by atoms with E-state index < -0.39 is 29.1 Å². The fraction of sp³-hybridized carbons (Fsp3) is 0.393. The van der Waals surface area contributed by atoms with Crippen LogP contribution in [-0.4, -0.2) is 76.6 Å². The van der Waals surface area contributed by atoms with Gasteiger partial charge in [-0.25, -0.2) is 9.97 Å². The molecule has 4 aromatic rings. The quantitative estimate of drug-likeness (QED) is 0.300. The lowest BCUT2D eigenvalue weighted by atomic mass is 10.1. The first-order valence-corrected chi connectivity index (χ1v) is 15.3. The van der Waals surface area contributed by atoms with Crippen LogP contribution in [0.5, 0.6) is 5.75 Å². The van der Waals surface area contributed by atoms with Gasteiger partial charge in [-0.2, -0.15) is 22.7 Å². The number of anilines is 2. The Kier molecular flexibility index (Phi) is 9.26. The predicted molar refractivity (Wildman–Crippen MR) is 165 cm³/mol. The topological polar surface area (TPSA) is 151 Å². The smallest absolute Gasteiger partial charge is 0.416 e. The molecule has 5 rings (SSSR count). The van der Waals surface area contributed by atoms with Crippen LogP contribution in [-0.2, 0) is 23.9 Å². The molecule has 1 aromatic carbocycles.